The number of hydrogen-bond acceptors (Lipinski definition) is 6. The van der Waals surface area contributed by atoms with Gasteiger partial charge in [-0.2, -0.15) is 13.2 Å². The Balaban J connectivity index is 2.26. The molecule has 1 heterocycles. The third-order valence-electron chi connectivity index (χ3n) is 4.36. The normalized spacial score (nSPS) is 15.9. The summed E-state index contributed by atoms with van der Waals surface area (Å²) in [7, 11) is -4.09. The van der Waals surface area contributed by atoms with Crippen molar-refractivity contribution in [3.05, 3.63) is 42.2 Å². The van der Waals surface area contributed by atoms with Gasteiger partial charge < -0.3 is 15.9 Å². The number of sulfone groups is 1. The van der Waals surface area contributed by atoms with Crippen LogP contribution in [0.5, 0.6) is 0 Å². The molecule has 0 saturated heterocycles. The molecule has 1 unspecified atom stereocenters. The topological polar surface area (TPSA) is 131 Å². The lowest BCUT2D eigenvalue weighted by Gasteiger charge is -2.30. The molecule has 1 aromatic heterocycles. The summed E-state index contributed by atoms with van der Waals surface area (Å²) >= 11 is 0. The van der Waals surface area contributed by atoms with Gasteiger partial charge in [0.25, 0.3) is 0 Å². The van der Waals surface area contributed by atoms with Gasteiger partial charge in [0, 0.05) is 18.0 Å². The molecule has 2 aromatic rings. The first-order chi connectivity index (χ1) is 12.9. The fourth-order valence-corrected chi connectivity index (χ4v) is 3.98. The number of rotatable bonds is 8. The molecule has 154 valence electrons. The van der Waals surface area contributed by atoms with E-state index in [1.807, 2.05) is 0 Å². The number of hydrogen-bond donors (Lipinski definition) is 3. The highest BCUT2D eigenvalue weighted by molar-refractivity contribution is 7.91. The van der Waals surface area contributed by atoms with Crippen molar-refractivity contribution in [2.45, 2.75) is 30.7 Å². The summed E-state index contributed by atoms with van der Waals surface area (Å²) in [4.78, 5) is 14.3. The van der Waals surface area contributed by atoms with Gasteiger partial charge in [-0.15, -0.1) is 0 Å². The van der Waals surface area contributed by atoms with Crippen LogP contribution in [-0.4, -0.2) is 53.3 Å². The number of carboxylic acid groups (broad SMARTS) is 1. The predicted molar refractivity (Wildman–Crippen MR) is 95.2 cm³/mol. The van der Waals surface area contributed by atoms with E-state index >= 15 is 0 Å². The largest absolute Gasteiger partial charge is 0.480 e. The van der Waals surface area contributed by atoms with Crippen LogP contribution in [0.25, 0.3) is 10.8 Å². The number of halogens is 3. The summed E-state index contributed by atoms with van der Waals surface area (Å²) in [6, 6.07) is 6.08. The molecule has 0 aliphatic rings. The van der Waals surface area contributed by atoms with Gasteiger partial charge in [0.1, 0.15) is 6.04 Å². The number of fused-ring (bicyclic) bond motifs is 1. The van der Waals surface area contributed by atoms with Crippen LogP contribution in [0.15, 0.2) is 36.5 Å². The molecule has 0 saturated carbocycles. The Morgan fingerprint density at radius 3 is 2.36 bits per heavy atom. The van der Waals surface area contributed by atoms with E-state index in [4.69, 9.17) is 10.8 Å². The number of carbonyl (C=O) groups is 1. The maximum absolute atomic E-state index is 13.6. The molecule has 0 fully saturated rings. The second-order valence-corrected chi connectivity index (χ2v) is 8.71. The standard InChI is InChI=1S/C17H19F3N2O5S/c18-17(19,20)16(25,6-8-28(26,27)7-5-13(21)15(23)24)14-9-11-3-1-2-4-12(11)10-22-14/h1-4,9-10,13,25H,5-8,21H2,(H,23,24)/t13-,16?/m0/s1. The van der Waals surface area contributed by atoms with E-state index in [1.54, 1.807) is 24.3 Å². The lowest BCUT2D eigenvalue weighted by molar-refractivity contribution is -0.268. The van der Waals surface area contributed by atoms with E-state index < -0.39 is 63.7 Å². The highest BCUT2D eigenvalue weighted by atomic mass is 32.2. The van der Waals surface area contributed by atoms with Crippen LogP contribution < -0.4 is 5.73 Å². The molecule has 0 aliphatic carbocycles. The van der Waals surface area contributed by atoms with Crippen molar-refractivity contribution in [3.63, 3.8) is 0 Å². The van der Waals surface area contributed by atoms with E-state index in [0.29, 0.717) is 10.8 Å². The summed E-state index contributed by atoms with van der Waals surface area (Å²) in [5, 5.41) is 20.0. The number of aromatic nitrogens is 1. The van der Waals surface area contributed by atoms with Crippen LogP contribution in [0.4, 0.5) is 13.2 Å². The van der Waals surface area contributed by atoms with E-state index in [-0.39, 0.29) is 0 Å². The molecule has 0 bridgehead atoms. The molecule has 4 N–H and O–H groups in total. The van der Waals surface area contributed by atoms with Gasteiger partial charge in [0.15, 0.2) is 9.84 Å². The third-order valence-corrected chi connectivity index (χ3v) is 6.04. The molecule has 11 heteroatoms. The average Bonchev–Trinajstić information content (AvgIpc) is 2.62. The molecular weight excluding hydrogens is 401 g/mol. The Labute approximate surface area is 158 Å². The Morgan fingerprint density at radius 2 is 1.79 bits per heavy atom. The summed E-state index contributed by atoms with van der Waals surface area (Å²) in [5.41, 5.74) is 1.03. The first kappa shape index (κ1) is 22.1. The maximum atomic E-state index is 13.6. The number of aliphatic carboxylic acids is 1. The van der Waals surface area contributed by atoms with Gasteiger partial charge in [0.05, 0.1) is 17.2 Å². The van der Waals surface area contributed by atoms with Crippen molar-refractivity contribution in [2.75, 3.05) is 11.5 Å². The fourth-order valence-electron chi connectivity index (χ4n) is 2.56. The van der Waals surface area contributed by atoms with Crippen LogP contribution in [0.1, 0.15) is 18.5 Å². The number of aliphatic hydroxyl groups is 1. The van der Waals surface area contributed by atoms with Crippen molar-refractivity contribution in [3.8, 4) is 0 Å². The fraction of sp³-hybridized carbons (Fsp3) is 0.412. The number of carboxylic acids is 1. The summed E-state index contributed by atoms with van der Waals surface area (Å²) in [5.74, 6) is -3.13. The molecule has 1 aromatic carbocycles. The van der Waals surface area contributed by atoms with Gasteiger partial charge in [-0.05, 0) is 17.9 Å². The molecule has 0 radical (unpaired) electrons. The Morgan fingerprint density at radius 1 is 1.18 bits per heavy atom. The minimum absolute atomic E-state index is 0.408. The summed E-state index contributed by atoms with van der Waals surface area (Å²) in [6.07, 6.45) is -5.62. The van der Waals surface area contributed by atoms with E-state index in [9.17, 15) is 31.5 Å². The van der Waals surface area contributed by atoms with Gasteiger partial charge >= 0.3 is 12.1 Å². The Kier molecular flexibility index (Phi) is 6.31. The molecule has 0 amide bonds. The molecule has 7 nitrogen and oxygen atoms in total. The first-order valence-corrected chi connectivity index (χ1v) is 10.0. The average molecular weight is 420 g/mol. The zero-order chi connectivity index (χ0) is 21.2. The highest BCUT2D eigenvalue weighted by Crippen LogP contribution is 2.41. The van der Waals surface area contributed by atoms with Gasteiger partial charge in [-0.25, -0.2) is 8.42 Å². The number of alkyl halides is 3. The van der Waals surface area contributed by atoms with Gasteiger partial charge in [0.2, 0.25) is 5.60 Å². The molecule has 0 aliphatic heterocycles. The van der Waals surface area contributed by atoms with Crippen LogP contribution in [0.3, 0.4) is 0 Å². The summed E-state index contributed by atoms with van der Waals surface area (Å²) in [6.45, 7) is 0. The van der Waals surface area contributed by atoms with Crippen molar-refractivity contribution in [1.29, 1.82) is 0 Å². The van der Waals surface area contributed by atoms with E-state index in [0.717, 1.165) is 6.07 Å². The van der Waals surface area contributed by atoms with Gasteiger partial charge in [-0.3, -0.25) is 9.78 Å². The zero-order valence-electron chi connectivity index (χ0n) is 14.6. The lowest BCUT2D eigenvalue weighted by Crippen LogP contribution is -2.44. The zero-order valence-corrected chi connectivity index (χ0v) is 15.4. The quantitative estimate of drug-likeness (QED) is 0.591. The minimum atomic E-state index is -5.17. The smallest absolute Gasteiger partial charge is 0.423 e. The highest BCUT2D eigenvalue weighted by Gasteiger charge is 2.56. The second-order valence-electron chi connectivity index (χ2n) is 6.41. The van der Waals surface area contributed by atoms with Crippen molar-refractivity contribution >= 4 is 26.6 Å². The number of nitrogens with zero attached hydrogens (tertiary/aromatic N) is 1. The number of pyridine rings is 1. The lowest BCUT2D eigenvalue weighted by atomic mass is 9.94. The van der Waals surface area contributed by atoms with Crippen molar-refractivity contribution < 1.29 is 36.6 Å². The van der Waals surface area contributed by atoms with Crippen LogP contribution >= 0.6 is 0 Å². The summed E-state index contributed by atoms with van der Waals surface area (Å²) < 4.78 is 64.9. The third kappa shape index (κ3) is 4.97. The first-order valence-electron chi connectivity index (χ1n) is 8.19. The minimum Gasteiger partial charge on any atom is -0.480 e. The Bertz CT molecular complexity index is 965. The van der Waals surface area contributed by atoms with E-state index in [1.165, 1.54) is 6.20 Å². The molecule has 2 atom stereocenters. The number of nitrogens with two attached hydrogens (primary N) is 1. The molecule has 28 heavy (non-hydrogen) atoms. The second kappa shape index (κ2) is 8.02. The predicted octanol–water partition coefficient (Wildman–Crippen LogP) is 1.59. The molecule has 0 spiro atoms. The monoisotopic (exact) mass is 420 g/mol. The van der Waals surface area contributed by atoms with Crippen molar-refractivity contribution in [1.82, 2.24) is 4.98 Å². The van der Waals surface area contributed by atoms with Crippen molar-refractivity contribution in [2.24, 2.45) is 5.73 Å². The molecular formula is C17H19F3N2O5S. The van der Waals surface area contributed by atoms with Crippen LogP contribution in [-0.2, 0) is 20.2 Å². The van der Waals surface area contributed by atoms with E-state index in [2.05, 4.69) is 4.98 Å². The van der Waals surface area contributed by atoms with Crippen LogP contribution in [0, 0.1) is 0 Å². The van der Waals surface area contributed by atoms with Gasteiger partial charge in [-0.1, -0.05) is 24.3 Å². The van der Waals surface area contributed by atoms with Crippen LogP contribution in [0.2, 0.25) is 0 Å². The maximum Gasteiger partial charge on any atom is 0.423 e. The number of benzene rings is 1. The Hall–Kier alpha value is -2.24. The SMILES string of the molecule is N[C@@H](CCS(=O)(=O)CCC(O)(c1cc2ccccc2cn1)C(F)(F)F)C(=O)O. The molecule has 2 rings (SSSR count).